The summed E-state index contributed by atoms with van der Waals surface area (Å²) in [6.07, 6.45) is 2.62. The zero-order chi connectivity index (χ0) is 20.0. The number of anilines is 1. The SMILES string of the molecule is Cc1nc2c(NC3CCOc4cccc(Cl)c43)cc(C(=O)N(C)C)cn2c1C. The summed E-state index contributed by atoms with van der Waals surface area (Å²) in [5.74, 6) is 0.740. The third kappa shape index (κ3) is 3.07. The van der Waals surface area contributed by atoms with Crippen molar-refractivity contribution in [2.45, 2.75) is 26.3 Å². The molecule has 146 valence electrons. The summed E-state index contributed by atoms with van der Waals surface area (Å²) in [5, 5.41) is 4.25. The van der Waals surface area contributed by atoms with Gasteiger partial charge in [-0.25, -0.2) is 4.98 Å². The Kier molecular flexibility index (Phi) is 4.67. The number of carbonyl (C=O) groups excluding carboxylic acids is 1. The molecule has 1 atom stereocenters. The second kappa shape index (κ2) is 7.02. The van der Waals surface area contributed by atoms with E-state index in [1.165, 1.54) is 0 Å². The number of benzene rings is 1. The van der Waals surface area contributed by atoms with Crippen molar-refractivity contribution in [3.05, 3.63) is 58.0 Å². The monoisotopic (exact) mass is 398 g/mol. The van der Waals surface area contributed by atoms with E-state index in [0.29, 0.717) is 17.2 Å². The van der Waals surface area contributed by atoms with Gasteiger partial charge in [-0.15, -0.1) is 0 Å². The maximum absolute atomic E-state index is 12.6. The predicted octanol–water partition coefficient (Wildman–Crippen LogP) is 4.24. The second-order valence-corrected chi connectivity index (χ2v) is 7.71. The van der Waals surface area contributed by atoms with E-state index in [4.69, 9.17) is 21.3 Å². The van der Waals surface area contributed by atoms with Crippen LogP contribution in [-0.2, 0) is 0 Å². The number of pyridine rings is 1. The predicted molar refractivity (Wildman–Crippen MR) is 111 cm³/mol. The van der Waals surface area contributed by atoms with Crippen molar-refractivity contribution in [2.24, 2.45) is 0 Å². The van der Waals surface area contributed by atoms with Crippen LogP contribution in [0.25, 0.3) is 5.65 Å². The number of ether oxygens (including phenoxy) is 1. The minimum atomic E-state index is -0.0545. The van der Waals surface area contributed by atoms with Gasteiger partial charge in [0, 0.05) is 43.0 Å². The van der Waals surface area contributed by atoms with Crippen molar-refractivity contribution in [3.63, 3.8) is 0 Å². The van der Waals surface area contributed by atoms with E-state index >= 15 is 0 Å². The van der Waals surface area contributed by atoms with Gasteiger partial charge in [-0.05, 0) is 32.0 Å². The summed E-state index contributed by atoms with van der Waals surface area (Å²) in [6.45, 7) is 4.58. The molecule has 1 aliphatic rings. The number of nitrogens with one attached hydrogen (secondary N) is 1. The first-order valence-corrected chi connectivity index (χ1v) is 9.63. The molecule has 1 aromatic carbocycles. The van der Waals surface area contributed by atoms with Crippen molar-refractivity contribution < 1.29 is 9.53 Å². The lowest BCUT2D eigenvalue weighted by Gasteiger charge is -2.28. The van der Waals surface area contributed by atoms with Crippen LogP contribution in [-0.4, -0.2) is 40.9 Å². The summed E-state index contributed by atoms with van der Waals surface area (Å²) >= 11 is 6.47. The molecule has 3 aromatic rings. The summed E-state index contributed by atoms with van der Waals surface area (Å²) in [7, 11) is 3.50. The molecule has 28 heavy (non-hydrogen) atoms. The highest BCUT2D eigenvalue weighted by Gasteiger charge is 2.26. The second-order valence-electron chi connectivity index (χ2n) is 7.30. The number of halogens is 1. The molecular formula is C21H23ClN4O2. The van der Waals surface area contributed by atoms with Gasteiger partial charge in [0.15, 0.2) is 5.65 Å². The Morgan fingerprint density at radius 2 is 2.14 bits per heavy atom. The molecule has 0 saturated heterocycles. The standard InChI is InChI=1S/C21H23ClN4O2/c1-12-13(2)26-11-14(21(27)25(3)4)10-17(20(26)23-12)24-16-8-9-28-18-7-5-6-15(22)19(16)18/h5-7,10-11,16,24H,8-9H2,1-4H3. The zero-order valence-corrected chi connectivity index (χ0v) is 17.2. The molecule has 1 unspecified atom stereocenters. The first kappa shape index (κ1) is 18.6. The molecule has 1 aliphatic heterocycles. The first-order valence-electron chi connectivity index (χ1n) is 9.25. The molecule has 7 heteroatoms. The molecule has 0 aliphatic carbocycles. The van der Waals surface area contributed by atoms with E-state index < -0.39 is 0 Å². The van der Waals surface area contributed by atoms with Crippen molar-refractivity contribution >= 4 is 28.8 Å². The summed E-state index contributed by atoms with van der Waals surface area (Å²) in [6, 6.07) is 7.54. The number of amides is 1. The summed E-state index contributed by atoms with van der Waals surface area (Å²) in [5.41, 5.74) is 5.09. The number of aromatic nitrogens is 2. The molecule has 3 heterocycles. The van der Waals surface area contributed by atoms with E-state index in [1.54, 1.807) is 19.0 Å². The minimum Gasteiger partial charge on any atom is -0.493 e. The molecule has 0 spiro atoms. The average Bonchev–Trinajstić information content (AvgIpc) is 2.96. The molecule has 4 rings (SSSR count). The molecule has 0 bridgehead atoms. The van der Waals surface area contributed by atoms with Crippen LogP contribution in [0.1, 0.15) is 39.8 Å². The van der Waals surface area contributed by atoms with Crippen LogP contribution in [0.4, 0.5) is 5.69 Å². The Morgan fingerprint density at radius 3 is 2.89 bits per heavy atom. The highest BCUT2D eigenvalue weighted by atomic mass is 35.5. The lowest BCUT2D eigenvalue weighted by Crippen LogP contribution is -2.23. The Morgan fingerprint density at radius 1 is 1.36 bits per heavy atom. The van der Waals surface area contributed by atoms with Gasteiger partial charge in [0.25, 0.3) is 5.91 Å². The van der Waals surface area contributed by atoms with E-state index in [9.17, 15) is 4.79 Å². The maximum Gasteiger partial charge on any atom is 0.254 e. The van der Waals surface area contributed by atoms with E-state index in [1.807, 2.05) is 48.7 Å². The molecule has 2 aromatic heterocycles. The van der Waals surface area contributed by atoms with Gasteiger partial charge >= 0.3 is 0 Å². The van der Waals surface area contributed by atoms with Crippen LogP contribution < -0.4 is 10.1 Å². The third-order valence-corrected chi connectivity index (χ3v) is 5.53. The molecule has 6 nitrogen and oxygen atoms in total. The quantitative estimate of drug-likeness (QED) is 0.716. The van der Waals surface area contributed by atoms with Crippen molar-refractivity contribution in [3.8, 4) is 5.75 Å². The van der Waals surface area contributed by atoms with Crippen LogP contribution in [0.5, 0.6) is 5.75 Å². The van der Waals surface area contributed by atoms with Crippen LogP contribution in [0, 0.1) is 13.8 Å². The van der Waals surface area contributed by atoms with Crippen molar-refractivity contribution in [2.75, 3.05) is 26.0 Å². The number of carbonyl (C=O) groups is 1. The average molecular weight is 399 g/mol. The molecule has 1 amide bonds. The Hall–Kier alpha value is -2.73. The van der Waals surface area contributed by atoms with Gasteiger partial charge in [-0.3, -0.25) is 4.79 Å². The van der Waals surface area contributed by atoms with Gasteiger partial charge in [0.2, 0.25) is 0 Å². The third-order valence-electron chi connectivity index (χ3n) is 5.20. The number of nitrogens with zero attached hydrogens (tertiary/aromatic N) is 3. The Bertz CT molecular complexity index is 1070. The number of hydrogen-bond donors (Lipinski definition) is 1. The van der Waals surface area contributed by atoms with Crippen LogP contribution in [0.2, 0.25) is 5.02 Å². The number of hydrogen-bond acceptors (Lipinski definition) is 4. The fraction of sp³-hybridized carbons (Fsp3) is 0.333. The summed E-state index contributed by atoms with van der Waals surface area (Å²) in [4.78, 5) is 18.9. The van der Waals surface area contributed by atoms with Crippen molar-refractivity contribution in [1.82, 2.24) is 14.3 Å². The first-order chi connectivity index (χ1) is 13.4. The fourth-order valence-electron chi connectivity index (χ4n) is 3.60. The molecule has 0 radical (unpaired) electrons. The van der Waals surface area contributed by atoms with Crippen LogP contribution in [0.3, 0.4) is 0 Å². The zero-order valence-electron chi connectivity index (χ0n) is 16.4. The lowest BCUT2D eigenvalue weighted by atomic mass is 10.00. The number of imidazole rings is 1. The van der Waals surface area contributed by atoms with E-state index in [-0.39, 0.29) is 11.9 Å². The fourth-order valence-corrected chi connectivity index (χ4v) is 3.89. The summed E-state index contributed by atoms with van der Waals surface area (Å²) < 4.78 is 7.74. The van der Waals surface area contributed by atoms with Gasteiger partial charge in [-0.1, -0.05) is 17.7 Å². The largest absolute Gasteiger partial charge is 0.493 e. The molecular weight excluding hydrogens is 376 g/mol. The molecule has 0 fully saturated rings. The topological polar surface area (TPSA) is 58.9 Å². The van der Waals surface area contributed by atoms with Gasteiger partial charge in [0.1, 0.15) is 5.75 Å². The van der Waals surface area contributed by atoms with Crippen LogP contribution in [0.15, 0.2) is 30.5 Å². The smallest absolute Gasteiger partial charge is 0.254 e. The van der Waals surface area contributed by atoms with Gasteiger partial charge in [0.05, 0.1) is 29.6 Å². The number of rotatable bonds is 3. The number of aryl methyl sites for hydroxylation is 2. The molecule has 0 saturated carbocycles. The highest BCUT2D eigenvalue weighted by Crippen LogP contribution is 2.39. The maximum atomic E-state index is 12.6. The lowest BCUT2D eigenvalue weighted by molar-refractivity contribution is 0.0827. The van der Waals surface area contributed by atoms with Gasteiger partial charge < -0.3 is 19.4 Å². The molecule has 1 N–H and O–H groups in total. The van der Waals surface area contributed by atoms with Crippen molar-refractivity contribution in [1.29, 1.82) is 0 Å². The van der Waals surface area contributed by atoms with Crippen LogP contribution >= 0.6 is 11.6 Å². The Balaban J connectivity index is 1.83. The minimum absolute atomic E-state index is 0.0247. The normalized spacial score (nSPS) is 15.8. The van der Waals surface area contributed by atoms with Gasteiger partial charge in [-0.2, -0.15) is 0 Å². The Labute approximate surface area is 169 Å². The van der Waals surface area contributed by atoms with E-state index in [2.05, 4.69) is 5.32 Å². The van der Waals surface area contributed by atoms with E-state index in [0.717, 1.165) is 40.5 Å². The number of fused-ring (bicyclic) bond motifs is 2. The highest BCUT2D eigenvalue weighted by molar-refractivity contribution is 6.31.